The molecule has 0 heterocycles. The SMILES string of the molecule is CCNC(CC(C)C)c1cccc(F)c1Cl. The van der Waals surface area contributed by atoms with Crippen molar-refractivity contribution in [2.75, 3.05) is 6.54 Å². The molecule has 0 aliphatic rings. The van der Waals surface area contributed by atoms with Crippen LogP contribution in [0.4, 0.5) is 4.39 Å². The minimum absolute atomic E-state index is 0.133. The summed E-state index contributed by atoms with van der Waals surface area (Å²) in [5.41, 5.74) is 0.859. The lowest BCUT2D eigenvalue weighted by molar-refractivity contribution is 0.437. The molecule has 90 valence electrons. The molecule has 1 aromatic carbocycles. The van der Waals surface area contributed by atoms with E-state index in [4.69, 9.17) is 11.6 Å². The first-order chi connectivity index (χ1) is 7.56. The lowest BCUT2D eigenvalue weighted by atomic mass is 9.97. The molecule has 3 heteroatoms. The Bertz CT molecular complexity index is 339. The van der Waals surface area contributed by atoms with E-state index < -0.39 is 0 Å². The summed E-state index contributed by atoms with van der Waals surface area (Å²) < 4.78 is 13.4. The Morgan fingerprint density at radius 1 is 1.38 bits per heavy atom. The zero-order chi connectivity index (χ0) is 12.1. The smallest absolute Gasteiger partial charge is 0.142 e. The Morgan fingerprint density at radius 3 is 2.62 bits per heavy atom. The molecule has 1 aromatic rings. The minimum atomic E-state index is -0.342. The first-order valence-electron chi connectivity index (χ1n) is 5.73. The topological polar surface area (TPSA) is 12.0 Å². The number of nitrogens with one attached hydrogen (secondary N) is 1. The van der Waals surface area contributed by atoms with E-state index in [0.717, 1.165) is 18.5 Å². The maximum absolute atomic E-state index is 13.4. The molecule has 0 spiro atoms. The van der Waals surface area contributed by atoms with Crippen LogP contribution in [0, 0.1) is 11.7 Å². The average molecular weight is 244 g/mol. The van der Waals surface area contributed by atoms with Gasteiger partial charge in [-0.15, -0.1) is 0 Å². The van der Waals surface area contributed by atoms with E-state index in [0.29, 0.717) is 5.92 Å². The monoisotopic (exact) mass is 243 g/mol. The Morgan fingerprint density at radius 2 is 2.06 bits per heavy atom. The normalized spacial score (nSPS) is 13.1. The Labute approximate surface area is 102 Å². The lowest BCUT2D eigenvalue weighted by Crippen LogP contribution is -2.22. The molecule has 1 atom stereocenters. The van der Waals surface area contributed by atoms with E-state index in [1.165, 1.54) is 6.07 Å². The van der Waals surface area contributed by atoms with Gasteiger partial charge in [0.05, 0.1) is 5.02 Å². The summed E-state index contributed by atoms with van der Waals surface area (Å²) in [4.78, 5) is 0. The number of rotatable bonds is 5. The minimum Gasteiger partial charge on any atom is -0.310 e. The van der Waals surface area contributed by atoms with Crippen LogP contribution in [0.5, 0.6) is 0 Å². The highest BCUT2D eigenvalue weighted by Crippen LogP contribution is 2.29. The van der Waals surface area contributed by atoms with Gasteiger partial charge in [0.25, 0.3) is 0 Å². The predicted octanol–water partition coefficient (Wildman–Crippen LogP) is 4.18. The van der Waals surface area contributed by atoms with Crippen molar-refractivity contribution in [2.45, 2.75) is 33.2 Å². The fraction of sp³-hybridized carbons (Fsp3) is 0.538. The molecule has 0 saturated heterocycles. The number of hydrogen-bond donors (Lipinski definition) is 1. The molecule has 1 rings (SSSR count). The largest absolute Gasteiger partial charge is 0.310 e. The molecular formula is C13H19ClFN. The summed E-state index contributed by atoms with van der Waals surface area (Å²) in [5.74, 6) is 0.203. The second kappa shape index (κ2) is 6.21. The second-order valence-electron chi connectivity index (χ2n) is 4.38. The molecule has 0 amide bonds. The van der Waals surface area contributed by atoms with Crippen LogP contribution in [0.15, 0.2) is 18.2 Å². The van der Waals surface area contributed by atoms with E-state index >= 15 is 0 Å². The van der Waals surface area contributed by atoms with E-state index in [-0.39, 0.29) is 16.9 Å². The van der Waals surface area contributed by atoms with Crippen molar-refractivity contribution in [3.8, 4) is 0 Å². The van der Waals surface area contributed by atoms with Gasteiger partial charge >= 0.3 is 0 Å². The maximum atomic E-state index is 13.4. The van der Waals surface area contributed by atoms with E-state index in [9.17, 15) is 4.39 Å². The van der Waals surface area contributed by atoms with Crippen LogP contribution < -0.4 is 5.32 Å². The molecule has 1 unspecified atom stereocenters. The van der Waals surface area contributed by atoms with Crippen molar-refractivity contribution < 1.29 is 4.39 Å². The van der Waals surface area contributed by atoms with Gasteiger partial charge in [-0.3, -0.25) is 0 Å². The third kappa shape index (κ3) is 3.46. The zero-order valence-corrected chi connectivity index (χ0v) is 10.8. The van der Waals surface area contributed by atoms with Crippen molar-refractivity contribution in [3.05, 3.63) is 34.6 Å². The predicted molar refractivity (Wildman–Crippen MR) is 67.3 cm³/mol. The maximum Gasteiger partial charge on any atom is 0.142 e. The van der Waals surface area contributed by atoms with Crippen LogP contribution in [0.25, 0.3) is 0 Å². The standard InChI is InChI=1S/C13H19ClFN/c1-4-16-12(8-9(2)3)10-6-5-7-11(15)13(10)14/h5-7,9,12,16H,4,8H2,1-3H3. The van der Waals surface area contributed by atoms with Gasteiger partial charge in [0.1, 0.15) is 5.82 Å². The highest BCUT2D eigenvalue weighted by atomic mass is 35.5. The van der Waals surface area contributed by atoms with Gasteiger partial charge in [0.2, 0.25) is 0 Å². The third-order valence-electron chi connectivity index (χ3n) is 2.51. The Kier molecular flexibility index (Phi) is 5.23. The van der Waals surface area contributed by atoms with Gasteiger partial charge in [-0.05, 0) is 30.5 Å². The molecule has 0 bridgehead atoms. The zero-order valence-electron chi connectivity index (χ0n) is 10.1. The highest BCUT2D eigenvalue weighted by Gasteiger charge is 2.16. The summed E-state index contributed by atoms with van der Waals surface area (Å²) in [6.45, 7) is 7.19. The van der Waals surface area contributed by atoms with Crippen molar-refractivity contribution >= 4 is 11.6 Å². The van der Waals surface area contributed by atoms with Crippen molar-refractivity contribution in [3.63, 3.8) is 0 Å². The van der Waals surface area contributed by atoms with E-state index in [1.54, 1.807) is 6.07 Å². The molecule has 0 fully saturated rings. The molecule has 0 aromatic heterocycles. The second-order valence-corrected chi connectivity index (χ2v) is 4.76. The summed E-state index contributed by atoms with van der Waals surface area (Å²) in [5, 5.41) is 3.59. The number of benzene rings is 1. The van der Waals surface area contributed by atoms with Crippen molar-refractivity contribution in [1.82, 2.24) is 5.32 Å². The summed E-state index contributed by atoms with van der Waals surface area (Å²) in [7, 11) is 0. The van der Waals surface area contributed by atoms with Crippen LogP contribution in [-0.4, -0.2) is 6.54 Å². The van der Waals surface area contributed by atoms with Gasteiger partial charge in [0, 0.05) is 6.04 Å². The summed E-state index contributed by atoms with van der Waals surface area (Å²) in [6.07, 6.45) is 0.955. The van der Waals surface area contributed by atoms with E-state index in [1.807, 2.05) is 13.0 Å². The van der Waals surface area contributed by atoms with Gasteiger partial charge in [0.15, 0.2) is 0 Å². The number of halogens is 2. The molecule has 0 aliphatic heterocycles. The fourth-order valence-corrected chi connectivity index (χ4v) is 2.09. The molecule has 0 radical (unpaired) electrons. The van der Waals surface area contributed by atoms with Gasteiger partial charge in [-0.1, -0.05) is 44.5 Å². The van der Waals surface area contributed by atoms with E-state index in [2.05, 4.69) is 19.2 Å². The summed E-state index contributed by atoms with van der Waals surface area (Å²) in [6, 6.07) is 5.13. The van der Waals surface area contributed by atoms with Crippen LogP contribution in [0.3, 0.4) is 0 Å². The fourth-order valence-electron chi connectivity index (χ4n) is 1.83. The van der Waals surface area contributed by atoms with Crippen LogP contribution >= 0.6 is 11.6 Å². The van der Waals surface area contributed by atoms with Gasteiger partial charge in [-0.2, -0.15) is 0 Å². The van der Waals surface area contributed by atoms with Crippen LogP contribution in [0.1, 0.15) is 38.8 Å². The molecule has 0 aliphatic carbocycles. The molecule has 16 heavy (non-hydrogen) atoms. The summed E-state index contributed by atoms with van der Waals surface area (Å²) >= 11 is 5.99. The highest BCUT2D eigenvalue weighted by molar-refractivity contribution is 6.31. The van der Waals surface area contributed by atoms with Crippen molar-refractivity contribution in [2.24, 2.45) is 5.92 Å². The lowest BCUT2D eigenvalue weighted by Gasteiger charge is -2.21. The van der Waals surface area contributed by atoms with Crippen LogP contribution in [0.2, 0.25) is 5.02 Å². The first-order valence-corrected chi connectivity index (χ1v) is 6.11. The number of hydrogen-bond acceptors (Lipinski definition) is 1. The average Bonchev–Trinajstić information content (AvgIpc) is 2.21. The first kappa shape index (κ1) is 13.5. The third-order valence-corrected chi connectivity index (χ3v) is 2.91. The van der Waals surface area contributed by atoms with Crippen LogP contribution in [-0.2, 0) is 0 Å². The molecule has 1 N–H and O–H groups in total. The Balaban J connectivity index is 2.96. The Hall–Kier alpha value is -0.600. The van der Waals surface area contributed by atoms with Gasteiger partial charge < -0.3 is 5.32 Å². The molecular weight excluding hydrogens is 225 g/mol. The quantitative estimate of drug-likeness (QED) is 0.818. The van der Waals surface area contributed by atoms with Gasteiger partial charge in [-0.25, -0.2) is 4.39 Å². The molecule has 1 nitrogen and oxygen atoms in total. The van der Waals surface area contributed by atoms with Crippen molar-refractivity contribution in [1.29, 1.82) is 0 Å². The molecule has 0 saturated carbocycles.